The lowest BCUT2D eigenvalue weighted by Crippen LogP contribution is -2.28. The molecule has 2 aromatic rings. The van der Waals surface area contributed by atoms with Crippen LogP contribution in [0.4, 0.5) is 0 Å². The first-order valence-electron chi connectivity index (χ1n) is 9.02. The van der Waals surface area contributed by atoms with Crippen LogP contribution in [0.1, 0.15) is 24.8 Å². The van der Waals surface area contributed by atoms with Gasteiger partial charge in [0.1, 0.15) is 0 Å². The Labute approximate surface area is 148 Å². The highest BCUT2D eigenvalue weighted by Gasteiger charge is 2.29. The van der Waals surface area contributed by atoms with Crippen LogP contribution < -0.4 is 9.47 Å². The number of aliphatic hydroxyl groups excluding tert-OH is 1. The third kappa shape index (κ3) is 3.65. The lowest BCUT2D eigenvalue weighted by Gasteiger charge is -2.20. The predicted molar refractivity (Wildman–Crippen MR) is 94.8 cm³/mol. The summed E-state index contributed by atoms with van der Waals surface area (Å²) in [4.78, 5) is 2.35. The van der Waals surface area contributed by atoms with Gasteiger partial charge in [0.2, 0.25) is 0 Å². The lowest BCUT2D eigenvalue weighted by atomic mass is 10.1. The Morgan fingerprint density at radius 2 is 2.04 bits per heavy atom. The maximum absolute atomic E-state index is 9.35. The van der Waals surface area contributed by atoms with Gasteiger partial charge in [0.25, 0.3) is 0 Å². The Morgan fingerprint density at radius 1 is 1.24 bits per heavy atom. The van der Waals surface area contributed by atoms with Gasteiger partial charge in [-0.2, -0.15) is 5.10 Å². The van der Waals surface area contributed by atoms with Crippen molar-refractivity contribution in [1.29, 1.82) is 0 Å². The second-order valence-electron chi connectivity index (χ2n) is 6.81. The third-order valence-electron chi connectivity index (χ3n) is 4.75. The molecule has 134 valence electrons. The van der Waals surface area contributed by atoms with E-state index in [0.717, 1.165) is 35.7 Å². The van der Waals surface area contributed by atoms with E-state index in [1.807, 2.05) is 29.9 Å². The molecule has 2 aliphatic rings. The van der Waals surface area contributed by atoms with Crippen molar-refractivity contribution in [3.8, 4) is 22.8 Å². The monoisotopic (exact) mass is 343 g/mol. The molecule has 25 heavy (non-hydrogen) atoms. The van der Waals surface area contributed by atoms with Crippen LogP contribution in [0, 0.1) is 0 Å². The average molecular weight is 343 g/mol. The van der Waals surface area contributed by atoms with Crippen molar-refractivity contribution in [2.24, 2.45) is 7.05 Å². The number of fused-ring (bicyclic) bond motifs is 1. The normalized spacial score (nSPS) is 16.9. The van der Waals surface area contributed by atoms with Crippen LogP contribution in [0.15, 0.2) is 24.4 Å². The Hall–Kier alpha value is -2.05. The van der Waals surface area contributed by atoms with Gasteiger partial charge < -0.3 is 14.6 Å². The highest BCUT2D eigenvalue weighted by Crippen LogP contribution is 2.36. The molecule has 1 aliphatic carbocycles. The fourth-order valence-corrected chi connectivity index (χ4v) is 3.38. The highest BCUT2D eigenvalue weighted by atomic mass is 16.5. The molecule has 0 spiro atoms. The Bertz CT molecular complexity index is 740. The quantitative estimate of drug-likeness (QED) is 0.871. The molecule has 0 saturated heterocycles. The van der Waals surface area contributed by atoms with Crippen molar-refractivity contribution >= 4 is 0 Å². The predicted octanol–water partition coefficient (Wildman–Crippen LogP) is 2.21. The lowest BCUT2D eigenvalue weighted by molar-refractivity contribution is 0.183. The number of aliphatic hydroxyl groups is 1. The number of benzene rings is 1. The second-order valence-corrected chi connectivity index (χ2v) is 6.81. The minimum atomic E-state index is 0.191. The van der Waals surface area contributed by atoms with E-state index in [2.05, 4.69) is 16.2 Å². The van der Waals surface area contributed by atoms with Crippen LogP contribution >= 0.6 is 0 Å². The Morgan fingerprint density at radius 3 is 2.80 bits per heavy atom. The van der Waals surface area contributed by atoms with Gasteiger partial charge in [-0.05, 0) is 31.0 Å². The molecule has 1 aromatic heterocycles. The summed E-state index contributed by atoms with van der Waals surface area (Å²) in [6, 6.07) is 6.65. The molecule has 6 nitrogen and oxygen atoms in total. The molecule has 1 aromatic carbocycles. The van der Waals surface area contributed by atoms with Gasteiger partial charge in [-0.15, -0.1) is 0 Å². The fourth-order valence-electron chi connectivity index (χ4n) is 3.38. The van der Waals surface area contributed by atoms with E-state index >= 15 is 0 Å². The van der Waals surface area contributed by atoms with Gasteiger partial charge in [0.15, 0.2) is 11.5 Å². The smallest absolute Gasteiger partial charge is 0.161 e. The Kier molecular flexibility index (Phi) is 4.63. The summed E-state index contributed by atoms with van der Waals surface area (Å²) < 4.78 is 13.4. The molecule has 6 heteroatoms. The van der Waals surface area contributed by atoms with Crippen molar-refractivity contribution in [2.45, 2.75) is 31.8 Å². The van der Waals surface area contributed by atoms with Gasteiger partial charge in [-0.1, -0.05) is 0 Å². The third-order valence-corrected chi connectivity index (χ3v) is 4.75. The molecule has 2 heterocycles. The van der Waals surface area contributed by atoms with Gasteiger partial charge in [0, 0.05) is 49.9 Å². The molecule has 0 radical (unpaired) electrons. The molecule has 0 amide bonds. The maximum Gasteiger partial charge on any atom is 0.161 e. The molecule has 4 rings (SSSR count). The van der Waals surface area contributed by atoms with Crippen LogP contribution in [0.25, 0.3) is 11.3 Å². The number of hydrogen-bond donors (Lipinski definition) is 1. The maximum atomic E-state index is 9.35. The summed E-state index contributed by atoms with van der Waals surface area (Å²) >= 11 is 0. The van der Waals surface area contributed by atoms with Crippen LogP contribution in [0.2, 0.25) is 0 Å². The van der Waals surface area contributed by atoms with Crippen molar-refractivity contribution in [2.75, 3.05) is 26.4 Å². The zero-order chi connectivity index (χ0) is 17.2. The van der Waals surface area contributed by atoms with Crippen LogP contribution in [0.5, 0.6) is 11.5 Å². The van der Waals surface area contributed by atoms with E-state index in [1.165, 1.54) is 18.4 Å². The van der Waals surface area contributed by atoms with E-state index in [1.54, 1.807) is 0 Å². The molecule has 0 bridgehead atoms. The van der Waals surface area contributed by atoms with Crippen molar-refractivity contribution in [3.05, 3.63) is 30.0 Å². The first-order valence-corrected chi connectivity index (χ1v) is 9.02. The summed E-state index contributed by atoms with van der Waals surface area (Å²) in [6.45, 7) is 3.08. The average Bonchev–Trinajstić information content (AvgIpc) is 3.41. The van der Waals surface area contributed by atoms with Crippen molar-refractivity contribution < 1.29 is 14.6 Å². The molecular formula is C19H25N3O3. The molecular weight excluding hydrogens is 318 g/mol. The van der Waals surface area contributed by atoms with Gasteiger partial charge >= 0.3 is 0 Å². The van der Waals surface area contributed by atoms with Gasteiger partial charge in [-0.3, -0.25) is 9.58 Å². The largest absolute Gasteiger partial charge is 0.490 e. The van der Waals surface area contributed by atoms with E-state index in [4.69, 9.17) is 9.47 Å². The number of aromatic nitrogens is 2. The fraction of sp³-hybridized carbons (Fsp3) is 0.526. The summed E-state index contributed by atoms with van der Waals surface area (Å²) in [7, 11) is 1.95. The molecule has 1 aliphatic heterocycles. The summed E-state index contributed by atoms with van der Waals surface area (Å²) in [5.74, 6) is 1.60. The minimum absolute atomic E-state index is 0.191. The zero-order valence-corrected chi connectivity index (χ0v) is 14.6. The molecule has 0 atom stereocenters. The van der Waals surface area contributed by atoms with Crippen molar-refractivity contribution in [3.63, 3.8) is 0 Å². The SMILES string of the molecule is Cn1cc(CN(CCO)C2CC2)c(-c2ccc3c(c2)OCCCO3)n1. The topological polar surface area (TPSA) is 59.8 Å². The molecule has 1 fully saturated rings. The number of rotatable bonds is 6. The van der Waals surface area contributed by atoms with Crippen LogP contribution in [-0.4, -0.2) is 52.2 Å². The van der Waals surface area contributed by atoms with Gasteiger partial charge in [-0.25, -0.2) is 0 Å². The number of hydrogen-bond acceptors (Lipinski definition) is 5. The van der Waals surface area contributed by atoms with Crippen molar-refractivity contribution in [1.82, 2.24) is 14.7 Å². The van der Waals surface area contributed by atoms with Crippen LogP contribution in [-0.2, 0) is 13.6 Å². The highest BCUT2D eigenvalue weighted by molar-refractivity contribution is 5.66. The Balaban J connectivity index is 1.63. The van der Waals surface area contributed by atoms with E-state index in [0.29, 0.717) is 25.8 Å². The second kappa shape index (κ2) is 7.06. The number of ether oxygens (including phenoxy) is 2. The molecule has 1 saturated carbocycles. The van der Waals surface area contributed by atoms with Gasteiger partial charge in [0.05, 0.1) is 25.5 Å². The summed E-state index contributed by atoms with van der Waals surface area (Å²) in [5.41, 5.74) is 3.19. The summed E-state index contributed by atoms with van der Waals surface area (Å²) in [6.07, 6.45) is 5.42. The zero-order valence-electron chi connectivity index (χ0n) is 14.6. The minimum Gasteiger partial charge on any atom is -0.490 e. The van der Waals surface area contributed by atoms with E-state index < -0.39 is 0 Å². The van der Waals surface area contributed by atoms with E-state index in [-0.39, 0.29) is 6.61 Å². The number of aryl methyl sites for hydroxylation is 1. The van der Waals surface area contributed by atoms with Crippen LogP contribution in [0.3, 0.4) is 0 Å². The number of nitrogens with zero attached hydrogens (tertiary/aromatic N) is 3. The molecule has 0 unspecified atom stereocenters. The standard InChI is InChI=1S/C19H25N3O3/c1-21-12-15(13-22(7-8-23)16-4-5-16)19(20-21)14-3-6-17-18(11-14)25-10-2-9-24-17/h3,6,11-12,16,23H,2,4-5,7-10,13H2,1H3. The first-order chi connectivity index (χ1) is 12.2. The molecule has 1 N–H and O–H groups in total. The first kappa shape index (κ1) is 16.4. The van der Waals surface area contributed by atoms with E-state index in [9.17, 15) is 5.11 Å². The summed E-state index contributed by atoms with van der Waals surface area (Å²) in [5, 5.41) is 14.0.